The van der Waals surface area contributed by atoms with Crippen molar-refractivity contribution in [2.75, 3.05) is 23.3 Å². The van der Waals surface area contributed by atoms with Gasteiger partial charge in [-0.2, -0.15) is 0 Å². The minimum atomic E-state index is -1.11. The zero-order valence-corrected chi connectivity index (χ0v) is 26.4. The first-order valence-corrected chi connectivity index (χ1v) is 15.3. The van der Waals surface area contributed by atoms with Crippen molar-refractivity contribution in [3.63, 3.8) is 0 Å². The largest absolute Gasteiger partial charge is 0.456 e. The molecule has 222 valence electrons. The first-order valence-electron chi connectivity index (χ1n) is 15.3. The Morgan fingerprint density at radius 3 is 2.37 bits per heavy atom. The van der Waals surface area contributed by atoms with Crippen LogP contribution >= 0.6 is 0 Å². The highest BCUT2D eigenvalue weighted by molar-refractivity contribution is 5.97. The number of esters is 1. The summed E-state index contributed by atoms with van der Waals surface area (Å²) in [5, 5.41) is 3.59. The molecule has 1 spiro atoms. The van der Waals surface area contributed by atoms with Gasteiger partial charge in [0.05, 0.1) is 5.56 Å². The molecule has 0 radical (unpaired) electrons. The molecule has 6 rings (SSSR count). The number of anilines is 3. The lowest BCUT2D eigenvalue weighted by Gasteiger charge is -2.38. The van der Waals surface area contributed by atoms with Crippen LogP contribution in [0.3, 0.4) is 0 Å². The zero-order chi connectivity index (χ0) is 30.5. The fourth-order valence-electron chi connectivity index (χ4n) is 6.30. The van der Waals surface area contributed by atoms with Crippen LogP contribution in [0.15, 0.2) is 78.9 Å². The maximum absolute atomic E-state index is 13.4. The average molecular weight is 575 g/mol. The molecule has 43 heavy (non-hydrogen) atoms. The van der Waals surface area contributed by atoms with Crippen molar-refractivity contribution < 1.29 is 14.3 Å². The minimum Gasteiger partial charge on any atom is -0.456 e. The maximum atomic E-state index is 13.4. The van der Waals surface area contributed by atoms with Crippen molar-refractivity contribution in [3.05, 3.63) is 112 Å². The molecule has 4 aromatic rings. The Bertz CT molecular complexity index is 1700. The zero-order valence-electron chi connectivity index (χ0n) is 26.4. The fourth-order valence-corrected chi connectivity index (χ4v) is 6.30. The molecule has 0 aromatic heterocycles. The Morgan fingerprint density at radius 2 is 1.63 bits per heavy atom. The van der Waals surface area contributed by atoms with E-state index in [-0.39, 0.29) is 11.4 Å². The predicted molar refractivity (Wildman–Crippen MR) is 175 cm³/mol. The Balaban J connectivity index is 1.51. The lowest BCUT2D eigenvalue weighted by molar-refractivity contribution is 0.0224. The molecule has 0 bridgehead atoms. The fraction of sp³-hybridized carbons (Fsp3) is 0.342. The van der Waals surface area contributed by atoms with Crippen molar-refractivity contribution in [2.45, 2.75) is 60.5 Å². The van der Waals surface area contributed by atoms with Crippen LogP contribution in [0.1, 0.15) is 79.2 Å². The summed E-state index contributed by atoms with van der Waals surface area (Å²) in [5.41, 5.74) is 7.38. The number of carbonyl (C=O) groups excluding carboxylic acids is 1. The second-order valence-electron chi connectivity index (χ2n) is 13.7. The first-order chi connectivity index (χ1) is 20.4. The van der Waals surface area contributed by atoms with Gasteiger partial charge in [-0.1, -0.05) is 65.0 Å². The van der Waals surface area contributed by atoms with E-state index in [0.717, 1.165) is 64.6 Å². The van der Waals surface area contributed by atoms with Crippen molar-refractivity contribution >= 4 is 23.0 Å². The van der Waals surface area contributed by atoms with E-state index in [4.69, 9.17) is 9.47 Å². The monoisotopic (exact) mass is 574 g/mol. The number of nitrogens with zero attached hydrogens (tertiary/aromatic N) is 1. The van der Waals surface area contributed by atoms with E-state index in [1.54, 1.807) is 0 Å². The van der Waals surface area contributed by atoms with Crippen LogP contribution < -0.4 is 15.0 Å². The van der Waals surface area contributed by atoms with Crippen molar-refractivity contribution in [1.82, 2.24) is 0 Å². The van der Waals surface area contributed by atoms with Gasteiger partial charge in [0.2, 0.25) is 0 Å². The molecular weight excluding hydrogens is 532 g/mol. The molecule has 2 aliphatic rings. The van der Waals surface area contributed by atoms with Gasteiger partial charge in [0.15, 0.2) is 5.60 Å². The van der Waals surface area contributed by atoms with E-state index in [1.165, 1.54) is 5.56 Å². The third-order valence-electron chi connectivity index (χ3n) is 8.35. The Labute approximate surface area is 255 Å². The van der Waals surface area contributed by atoms with Crippen LogP contribution in [-0.4, -0.2) is 19.1 Å². The number of rotatable bonds is 7. The standard InChI is InChI=1S/C38H42N2O3/c1-24(2)17-18-40(23-37(5,6)7)28-15-16-31-35(21-28)42-34-20-26(4)33(39-27-12-10-11-25(3)19-27)22-32(34)38(31)30-14-9-8-13-29(30)36(41)43-38/h8-16,19-22,24,39H,17-18,23H2,1-7H3. The molecule has 0 saturated carbocycles. The Morgan fingerprint density at radius 1 is 0.860 bits per heavy atom. The van der Waals surface area contributed by atoms with Crippen LogP contribution in [0.4, 0.5) is 17.1 Å². The van der Waals surface area contributed by atoms with E-state index in [2.05, 4.69) is 107 Å². The summed E-state index contributed by atoms with van der Waals surface area (Å²) in [6, 6.07) is 26.6. The third-order valence-corrected chi connectivity index (χ3v) is 8.35. The second kappa shape index (κ2) is 10.8. The lowest BCUT2D eigenvalue weighted by atomic mass is 9.77. The quantitative estimate of drug-likeness (QED) is 0.223. The highest BCUT2D eigenvalue weighted by Crippen LogP contribution is 2.57. The van der Waals surface area contributed by atoms with E-state index >= 15 is 0 Å². The molecule has 4 aromatic carbocycles. The van der Waals surface area contributed by atoms with Gasteiger partial charge in [-0.05, 0) is 85.2 Å². The molecule has 0 saturated heterocycles. The van der Waals surface area contributed by atoms with E-state index in [0.29, 0.717) is 17.2 Å². The molecule has 1 atom stereocenters. The van der Waals surface area contributed by atoms with Gasteiger partial charge >= 0.3 is 5.97 Å². The second-order valence-corrected chi connectivity index (χ2v) is 13.7. The molecule has 1 N–H and O–H groups in total. The van der Waals surface area contributed by atoms with Crippen molar-refractivity contribution in [3.8, 4) is 11.5 Å². The van der Waals surface area contributed by atoms with E-state index < -0.39 is 5.60 Å². The van der Waals surface area contributed by atoms with Gasteiger partial charge < -0.3 is 19.7 Å². The smallest absolute Gasteiger partial charge is 0.340 e. The summed E-state index contributed by atoms with van der Waals surface area (Å²) < 4.78 is 13.2. The molecule has 0 aliphatic carbocycles. The molecule has 5 heteroatoms. The molecular formula is C38H42N2O3. The topological polar surface area (TPSA) is 50.8 Å². The summed E-state index contributed by atoms with van der Waals surface area (Å²) in [4.78, 5) is 15.9. The summed E-state index contributed by atoms with van der Waals surface area (Å²) in [7, 11) is 0. The number of hydrogen-bond acceptors (Lipinski definition) is 5. The van der Waals surface area contributed by atoms with Gasteiger partial charge in [-0.3, -0.25) is 0 Å². The van der Waals surface area contributed by atoms with Gasteiger partial charge in [-0.15, -0.1) is 0 Å². The van der Waals surface area contributed by atoms with Crippen LogP contribution in [0, 0.1) is 25.2 Å². The molecule has 0 amide bonds. The number of aryl methyl sites for hydroxylation is 2. The normalized spacial score (nSPS) is 16.8. The van der Waals surface area contributed by atoms with Crippen molar-refractivity contribution in [1.29, 1.82) is 0 Å². The Kier molecular flexibility index (Phi) is 7.24. The molecule has 1 unspecified atom stereocenters. The number of carbonyl (C=O) groups is 1. The molecule has 2 aliphatic heterocycles. The molecule has 5 nitrogen and oxygen atoms in total. The summed E-state index contributed by atoms with van der Waals surface area (Å²) in [5.74, 6) is 1.70. The molecule has 0 fully saturated rings. The van der Waals surface area contributed by atoms with E-state index in [1.807, 2.05) is 30.3 Å². The first kappa shape index (κ1) is 28.9. The summed E-state index contributed by atoms with van der Waals surface area (Å²) in [6.07, 6.45) is 1.10. The van der Waals surface area contributed by atoms with Crippen LogP contribution in [0.2, 0.25) is 0 Å². The summed E-state index contributed by atoms with van der Waals surface area (Å²) >= 11 is 0. The average Bonchev–Trinajstić information content (AvgIpc) is 3.24. The third kappa shape index (κ3) is 5.37. The minimum absolute atomic E-state index is 0.124. The SMILES string of the molecule is Cc1cccc(Nc2cc3c(cc2C)Oc2cc(N(CCC(C)C)CC(C)(C)C)ccc2C32OC(=O)c3ccccc32)c1. The molecule has 2 heterocycles. The Hall–Kier alpha value is -4.25. The van der Waals surface area contributed by atoms with Crippen LogP contribution in [0.25, 0.3) is 0 Å². The highest BCUT2D eigenvalue weighted by Gasteiger charge is 2.53. The van der Waals surface area contributed by atoms with Crippen LogP contribution in [0.5, 0.6) is 11.5 Å². The maximum Gasteiger partial charge on any atom is 0.340 e. The van der Waals surface area contributed by atoms with Gasteiger partial charge in [0.25, 0.3) is 0 Å². The van der Waals surface area contributed by atoms with E-state index in [9.17, 15) is 4.79 Å². The number of fused-ring (bicyclic) bond motifs is 6. The van der Waals surface area contributed by atoms with Gasteiger partial charge in [-0.25, -0.2) is 4.79 Å². The highest BCUT2D eigenvalue weighted by atomic mass is 16.6. The summed E-state index contributed by atoms with van der Waals surface area (Å²) in [6.45, 7) is 17.4. The number of benzene rings is 4. The number of ether oxygens (including phenoxy) is 2. The van der Waals surface area contributed by atoms with Crippen molar-refractivity contribution in [2.24, 2.45) is 11.3 Å². The van der Waals surface area contributed by atoms with Crippen LogP contribution in [-0.2, 0) is 10.3 Å². The van der Waals surface area contributed by atoms with Gasteiger partial charge in [0.1, 0.15) is 11.5 Å². The predicted octanol–water partition coefficient (Wildman–Crippen LogP) is 9.51. The number of hydrogen-bond donors (Lipinski definition) is 1. The lowest BCUT2D eigenvalue weighted by Crippen LogP contribution is -2.35. The number of nitrogens with one attached hydrogen (secondary N) is 1. The van der Waals surface area contributed by atoms with Gasteiger partial charge in [0, 0.05) is 52.9 Å².